The number of aromatic nitrogens is 2. The molecule has 1 fully saturated rings. The molecule has 1 aliphatic rings. The van der Waals surface area contributed by atoms with Gasteiger partial charge in [0, 0.05) is 19.6 Å². The number of piperidine rings is 1. The van der Waals surface area contributed by atoms with Gasteiger partial charge in [0.1, 0.15) is 12.4 Å². The Balaban J connectivity index is 1.67. The number of imidazole rings is 1. The first-order valence-electron chi connectivity index (χ1n) is 8.89. The van der Waals surface area contributed by atoms with Crippen molar-refractivity contribution in [1.82, 2.24) is 20.2 Å². The standard InChI is InChI=1S/C19H27N5/c1-3-20-19(24-11-9-15(2)10-12-24)22-14-18-21-13-17(23-18)16-7-5-4-6-8-16/h4-8,13,15H,3,9-12,14H2,1-2H3,(H,20,22)(H,21,23). The molecule has 2 heterocycles. The fraction of sp³-hybridized carbons (Fsp3) is 0.474. The molecular formula is C19H27N5. The van der Waals surface area contributed by atoms with E-state index in [2.05, 4.69) is 46.2 Å². The highest BCUT2D eigenvalue weighted by Gasteiger charge is 2.18. The van der Waals surface area contributed by atoms with Crippen LogP contribution in [0.4, 0.5) is 0 Å². The van der Waals surface area contributed by atoms with Crippen molar-refractivity contribution in [3.05, 3.63) is 42.4 Å². The maximum absolute atomic E-state index is 4.78. The minimum Gasteiger partial charge on any atom is -0.357 e. The summed E-state index contributed by atoms with van der Waals surface area (Å²) >= 11 is 0. The second-order valence-corrected chi connectivity index (χ2v) is 6.45. The number of aliphatic imine (C=N–C) groups is 1. The second-order valence-electron chi connectivity index (χ2n) is 6.45. The fourth-order valence-electron chi connectivity index (χ4n) is 3.00. The minimum atomic E-state index is 0.571. The number of hydrogen-bond acceptors (Lipinski definition) is 2. The summed E-state index contributed by atoms with van der Waals surface area (Å²) in [5.41, 5.74) is 2.19. The smallest absolute Gasteiger partial charge is 0.194 e. The number of guanidine groups is 1. The van der Waals surface area contributed by atoms with E-state index in [0.717, 1.165) is 48.6 Å². The van der Waals surface area contributed by atoms with Gasteiger partial charge >= 0.3 is 0 Å². The van der Waals surface area contributed by atoms with Crippen molar-refractivity contribution in [2.24, 2.45) is 10.9 Å². The van der Waals surface area contributed by atoms with E-state index in [1.165, 1.54) is 12.8 Å². The zero-order valence-corrected chi connectivity index (χ0v) is 14.6. The Morgan fingerprint density at radius 1 is 1.29 bits per heavy atom. The van der Waals surface area contributed by atoms with Crippen LogP contribution in [0.3, 0.4) is 0 Å². The molecular weight excluding hydrogens is 298 g/mol. The van der Waals surface area contributed by atoms with E-state index >= 15 is 0 Å². The van der Waals surface area contributed by atoms with Crippen LogP contribution >= 0.6 is 0 Å². The van der Waals surface area contributed by atoms with Gasteiger partial charge in [0.2, 0.25) is 0 Å². The van der Waals surface area contributed by atoms with Crippen LogP contribution in [0, 0.1) is 5.92 Å². The first-order chi connectivity index (χ1) is 11.8. The Morgan fingerprint density at radius 2 is 2.04 bits per heavy atom. The predicted octanol–water partition coefficient (Wildman–Crippen LogP) is 3.27. The summed E-state index contributed by atoms with van der Waals surface area (Å²) < 4.78 is 0. The number of benzene rings is 1. The van der Waals surface area contributed by atoms with Gasteiger partial charge in [-0.1, -0.05) is 37.3 Å². The molecule has 0 unspecified atom stereocenters. The van der Waals surface area contributed by atoms with E-state index < -0.39 is 0 Å². The zero-order chi connectivity index (χ0) is 16.8. The SMILES string of the molecule is CCNC(=NCc1ncc(-c2ccccc2)[nH]1)N1CCC(C)CC1. The molecule has 2 N–H and O–H groups in total. The van der Waals surface area contributed by atoms with Gasteiger partial charge in [-0.15, -0.1) is 0 Å². The van der Waals surface area contributed by atoms with Crippen LogP contribution in [0.5, 0.6) is 0 Å². The Hall–Kier alpha value is -2.30. The molecule has 24 heavy (non-hydrogen) atoms. The molecule has 0 saturated carbocycles. The van der Waals surface area contributed by atoms with Crippen LogP contribution in [-0.4, -0.2) is 40.5 Å². The summed E-state index contributed by atoms with van der Waals surface area (Å²) in [5.74, 6) is 2.72. The van der Waals surface area contributed by atoms with Gasteiger partial charge in [0.15, 0.2) is 5.96 Å². The number of H-pyrrole nitrogens is 1. The maximum atomic E-state index is 4.78. The lowest BCUT2D eigenvalue weighted by molar-refractivity contribution is 0.273. The summed E-state index contributed by atoms with van der Waals surface area (Å²) in [4.78, 5) is 15.0. The van der Waals surface area contributed by atoms with Crippen LogP contribution in [0.15, 0.2) is 41.5 Å². The Morgan fingerprint density at radius 3 is 2.75 bits per heavy atom. The molecule has 5 nitrogen and oxygen atoms in total. The molecule has 0 radical (unpaired) electrons. The first kappa shape index (κ1) is 16.6. The van der Waals surface area contributed by atoms with Gasteiger partial charge in [-0.3, -0.25) is 0 Å². The highest BCUT2D eigenvalue weighted by Crippen LogP contribution is 2.17. The van der Waals surface area contributed by atoms with Crippen LogP contribution in [0.2, 0.25) is 0 Å². The Labute approximate surface area is 144 Å². The minimum absolute atomic E-state index is 0.571. The van der Waals surface area contributed by atoms with E-state index in [9.17, 15) is 0 Å². The molecule has 3 rings (SSSR count). The molecule has 0 bridgehead atoms. The summed E-state index contributed by atoms with van der Waals surface area (Å²) in [6.07, 6.45) is 4.36. The van der Waals surface area contributed by atoms with Crippen LogP contribution < -0.4 is 5.32 Å². The monoisotopic (exact) mass is 325 g/mol. The molecule has 2 aromatic rings. The number of likely N-dealkylation sites (tertiary alicyclic amines) is 1. The molecule has 1 saturated heterocycles. The Bertz CT molecular complexity index is 653. The lowest BCUT2D eigenvalue weighted by Gasteiger charge is -2.32. The fourth-order valence-corrected chi connectivity index (χ4v) is 3.00. The predicted molar refractivity (Wildman–Crippen MR) is 98.8 cm³/mol. The van der Waals surface area contributed by atoms with E-state index in [0.29, 0.717) is 6.54 Å². The van der Waals surface area contributed by atoms with Gasteiger partial charge in [0.25, 0.3) is 0 Å². The molecule has 0 atom stereocenters. The third-order valence-corrected chi connectivity index (χ3v) is 4.51. The zero-order valence-electron chi connectivity index (χ0n) is 14.6. The van der Waals surface area contributed by atoms with Crippen molar-refractivity contribution in [2.45, 2.75) is 33.2 Å². The van der Waals surface area contributed by atoms with Crippen LogP contribution in [-0.2, 0) is 6.54 Å². The van der Waals surface area contributed by atoms with E-state index in [-0.39, 0.29) is 0 Å². The van der Waals surface area contributed by atoms with Crippen molar-refractivity contribution in [2.75, 3.05) is 19.6 Å². The van der Waals surface area contributed by atoms with Crippen molar-refractivity contribution in [1.29, 1.82) is 0 Å². The molecule has 0 spiro atoms. The molecule has 1 aromatic heterocycles. The van der Waals surface area contributed by atoms with E-state index in [1.54, 1.807) is 0 Å². The highest BCUT2D eigenvalue weighted by atomic mass is 15.3. The normalized spacial score (nSPS) is 16.4. The largest absolute Gasteiger partial charge is 0.357 e. The number of hydrogen-bond donors (Lipinski definition) is 2. The average molecular weight is 325 g/mol. The van der Waals surface area contributed by atoms with Crippen molar-refractivity contribution in [3.63, 3.8) is 0 Å². The Kier molecular flexibility index (Phi) is 5.51. The third-order valence-electron chi connectivity index (χ3n) is 4.51. The first-order valence-corrected chi connectivity index (χ1v) is 8.89. The van der Waals surface area contributed by atoms with E-state index in [1.807, 2.05) is 24.4 Å². The molecule has 0 aliphatic carbocycles. The molecule has 128 valence electrons. The lowest BCUT2D eigenvalue weighted by Crippen LogP contribution is -2.45. The summed E-state index contributed by atoms with van der Waals surface area (Å²) in [5, 5.41) is 3.41. The number of aromatic amines is 1. The molecule has 1 aliphatic heterocycles. The topological polar surface area (TPSA) is 56.3 Å². The van der Waals surface area contributed by atoms with Crippen LogP contribution in [0.1, 0.15) is 32.5 Å². The molecule has 5 heteroatoms. The number of nitrogens with one attached hydrogen (secondary N) is 2. The van der Waals surface area contributed by atoms with Crippen LogP contribution in [0.25, 0.3) is 11.3 Å². The van der Waals surface area contributed by atoms with Crippen molar-refractivity contribution in [3.8, 4) is 11.3 Å². The highest BCUT2D eigenvalue weighted by molar-refractivity contribution is 5.80. The molecule has 1 aromatic carbocycles. The van der Waals surface area contributed by atoms with Gasteiger partial charge in [0.05, 0.1) is 11.9 Å². The number of rotatable bonds is 4. The van der Waals surface area contributed by atoms with Gasteiger partial charge < -0.3 is 15.2 Å². The van der Waals surface area contributed by atoms with E-state index in [4.69, 9.17) is 4.99 Å². The van der Waals surface area contributed by atoms with Crippen molar-refractivity contribution < 1.29 is 0 Å². The summed E-state index contributed by atoms with van der Waals surface area (Å²) in [6.45, 7) is 8.07. The molecule has 0 amide bonds. The van der Waals surface area contributed by atoms with Gasteiger partial charge in [-0.05, 0) is 31.2 Å². The second kappa shape index (κ2) is 7.99. The lowest BCUT2D eigenvalue weighted by atomic mass is 10.00. The third kappa shape index (κ3) is 4.16. The van der Waals surface area contributed by atoms with Gasteiger partial charge in [-0.2, -0.15) is 0 Å². The summed E-state index contributed by atoms with van der Waals surface area (Å²) in [7, 11) is 0. The van der Waals surface area contributed by atoms with Crippen molar-refractivity contribution >= 4 is 5.96 Å². The number of nitrogens with zero attached hydrogens (tertiary/aromatic N) is 3. The van der Waals surface area contributed by atoms with Gasteiger partial charge in [-0.25, -0.2) is 9.98 Å². The quantitative estimate of drug-likeness (QED) is 0.670. The summed E-state index contributed by atoms with van der Waals surface area (Å²) in [6, 6.07) is 10.3. The maximum Gasteiger partial charge on any atom is 0.194 e. The average Bonchev–Trinajstić information content (AvgIpc) is 3.09.